The van der Waals surface area contributed by atoms with Crippen LogP contribution in [0.25, 0.3) is 10.2 Å². The number of rotatable bonds is 4. The van der Waals surface area contributed by atoms with Crippen molar-refractivity contribution in [1.82, 2.24) is 9.97 Å². The predicted octanol–water partition coefficient (Wildman–Crippen LogP) is 4.68. The van der Waals surface area contributed by atoms with Crippen LogP contribution in [0.3, 0.4) is 0 Å². The fourth-order valence-corrected chi connectivity index (χ4v) is 4.30. The number of hydrogen-bond acceptors (Lipinski definition) is 4. The van der Waals surface area contributed by atoms with Crippen LogP contribution >= 0.6 is 22.9 Å². The van der Waals surface area contributed by atoms with Gasteiger partial charge >= 0.3 is 0 Å². The van der Waals surface area contributed by atoms with Crippen LogP contribution < -0.4 is 4.90 Å². The molecule has 1 saturated carbocycles. The van der Waals surface area contributed by atoms with Crippen LogP contribution in [0.15, 0.2) is 6.07 Å². The zero-order valence-corrected chi connectivity index (χ0v) is 13.6. The summed E-state index contributed by atoms with van der Waals surface area (Å²) in [5.74, 6) is 1.03. The molecule has 0 saturated heterocycles. The highest BCUT2D eigenvalue weighted by molar-refractivity contribution is 7.18. The minimum absolute atomic E-state index is 0.369. The Morgan fingerprint density at radius 3 is 2.70 bits per heavy atom. The predicted molar refractivity (Wildman–Crippen MR) is 87.1 cm³/mol. The zero-order valence-electron chi connectivity index (χ0n) is 12.0. The topological polar surface area (TPSA) is 29.0 Å². The maximum atomic E-state index is 6.14. The van der Waals surface area contributed by atoms with Crippen molar-refractivity contribution in [3.8, 4) is 0 Å². The molecular formula is C15H20ClN3S. The van der Waals surface area contributed by atoms with Gasteiger partial charge in [0.15, 0.2) is 0 Å². The summed E-state index contributed by atoms with van der Waals surface area (Å²) in [7, 11) is 0. The van der Waals surface area contributed by atoms with Gasteiger partial charge in [-0.3, -0.25) is 0 Å². The van der Waals surface area contributed by atoms with Crippen molar-refractivity contribution >= 4 is 39.0 Å². The third-order valence-electron chi connectivity index (χ3n) is 4.12. The van der Waals surface area contributed by atoms with Gasteiger partial charge in [0.1, 0.15) is 10.6 Å². The molecule has 0 radical (unpaired) electrons. The van der Waals surface area contributed by atoms with Crippen LogP contribution in [0.1, 0.15) is 44.4 Å². The van der Waals surface area contributed by atoms with Crippen molar-refractivity contribution in [2.45, 2.75) is 52.0 Å². The van der Waals surface area contributed by atoms with Crippen molar-refractivity contribution in [3.63, 3.8) is 0 Å². The number of thiophene rings is 1. The second kappa shape index (κ2) is 5.86. The summed E-state index contributed by atoms with van der Waals surface area (Å²) in [6, 6.07) is 2.85. The lowest BCUT2D eigenvalue weighted by atomic mass is 10.2. The molecule has 0 bridgehead atoms. The normalized spacial score (nSPS) is 16.1. The van der Waals surface area contributed by atoms with Gasteiger partial charge in [0.2, 0.25) is 5.28 Å². The second-order valence-electron chi connectivity index (χ2n) is 5.33. The molecule has 3 rings (SSSR count). The van der Waals surface area contributed by atoms with Crippen LogP contribution in [0.4, 0.5) is 5.82 Å². The third kappa shape index (κ3) is 2.51. The molecule has 0 unspecified atom stereocenters. The number of aromatic nitrogens is 2. The summed E-state index contributed by atoms with van der Waals surface area (Å²) in [5.41, 5.74) is 0. The van der Waals surface area contributed by atoms with Crippen molar-refractivity contribution in [3.05, 3.63) is 16.2 Å². The standard InChI is InChI=1S/C15H20ClN3S/c1-3-11-9-12-13(17-15(16)18-14(12)20-11)19(4-2)10-7-5-6-8-10/h9-10H,3-8H2,1-2H3. The van der Waals surface area contributed by atoms with E-state index in [9.17, 15) is 0 Å². The Balaban J connectivity index is 2.09. The lowest BCUT2D eigenvalue weighted by molar-refractivity contribution is 0.615. The van der Waals surface area contributed by atoms with E-state index in [1.165, 1.54) is 35.9 Å². The van der Waals surface area contributed by atoms with Gasteiger partial charge in [0.05, 0.1) is 5.39 Å². The van der Waals surface area contributed by atoms with E-state index in [0.29, 0.717) is 11.3 Å². The summed E-state index contributed by atoms with van der Waals surface area (Å²) in [5, 5.41) is 1.54. The summed E-state index contributed by atoms with van der Waals surface area (Å²) < 4.78 is 0. The number of nitrogens with zero attached hydrogens (tertiary/aromatic N) is 3. The molecule has 1 aliphatic carbocycles. The lowest BCUT2D eigenvalue weighted by Crippen LogP contribution is -2.33. The van der Waals surface area contributed by atoms with Gasteiger partial charge in [-0.05, 0) is 43.9 Å². The van der Waals surface area contributed by atoms with Crippen LogP contribution in [0.2, 0.25) is 5.28 Å². The van der Waals surface area contributed by atoms with Gasteiger partial charge < -0.3 is 4.90 Å². The Labute approximate surface area is 129 Å². The highest BCUT2D eigenvalue weighted by Crippen LogP contribution is 2.35. The molecule has 0 aliphatic heterocycles. The summed E-state index contributed by atoms with van der Waals surface area (Å²) in [4.78, 5) is 13.7. The number of anilines is 1. The molecule has 3 nitrogen and oxygen atoms in total. The van der Waals surface area contributed by atoms with E-state index in [2.05, 4.69) is 34.8 Å². The van der Waals surface area contributed by atoms with Crippen LogP contribution in [0.5, 0.6) is 0 Å². The van der Waals surface area contributed by atoms with Gasteiger partial charge in [-0.1, -0.05) is 19.8 Å². The SMILES string of the molecule is CCc1cc2c(N(CC)C3CCCC3)nc(Cl)nc2s1. The molecule has 5 heteroatoms. The average molecular weight is 310 g/mol. The first kappa shape index (κ1) is 14.1. The molecule has 2 aromatic heterocycles. The molecule has 0 N–H and O–H groups in total. The van der Waals surface area contributed by atoms with Crippen molar-refractivity contribution in [2.75, 3.05) is 11.4 Å². The maximum Gasteiger partial charge on any atom is 0.225 e. The van der Waals surface area contributed by atoms with E-state index >= 15 is 0 Å². The zero-order chi connectivity index (χ0) is 14.1. The number of halogens is 1. The highest BCUT2D eigenvalue weighted by atomic mass is 35.5. The van der Waals surface area contributed by atoms with Gasteiger partial charge in [0.25, 0.3) is 0 Å². The van der Waals surface area contributed by atoms with E-state index < -0.39 is 0 Å². The number of hydrogen-bond donors (Lipinski definition) is 0. The molecular weight excluding hydrogens is 290 g/mol. The van der Waals surface area contributed by atoms with Gasteiger partial charge in [-0.25, -0.2) is 4.98 Å². The van der Waals surface area contributed by atoms with E-state index in [-0.39, 0.29) is 0 Å². The quantitative estimate of drug-likeness (QED) is 0.768. The van der Waals surface area contributed by atoms with Crippen LogP contribution in [-0.4, -0.2) is 22.6 Å². The number of aryl methyl sites for hydroxylation is 1. The monoisotopic (exact) mass is 309 g/mol. The second-order valence-corrected chi connectivity index (χ2v) is 6.78. The molecule has 1 fully saturated rings. The Morgan fingerprint density at radius 1 is 1.30 bits per heavy atom. The van der Waals surface area contributed by atoms with Crippen molar-refractivity contribution < 1.29 is 0 Å². The van der Waals surface area contributed by atoms with Crippen molar-refractivity contribution in [2.24, 2.45) is 0 Å². The fourth-order valence-electron chi connectivity index (χ4n) is 3.12. The van der Waals surface area contributed by atoms with Gasteiger partial charge in [-0.15, -0.1) is 11.3 Å². The molecule has 0 spiro atoms. The molecule has 1 aliphatic rings. The maximum absolute atomic E-state index is 6.14. The molecule has 0 aromatic carbocycles. The van der Waals surface area contributed by atoms with E-state index in [1.807, 2.05) is 0 Å². The van der Waals surface area contributed by atoms with E-state index in [4.69, 9.17) is 11.6 Å². The van der Waals surface area contributed by atoms with Crippen LogP contribution in [-0.2, 0) is 6.42 Å². The first-order chi connectivity index (χ1) is 9.72. The minimum atomic E-state index is 0.369. The van der Waals surface area contributed by atoms with Gasteiger partial charge in [0, 0.05) is 17.5 Å². The van der Waals surface area contributed by atoms with Crippen LogP contribution in [0, 0.1) is 0 Å². The Morgan fingerprint density at radius 2 is 2.05 bits per heavy atom. The molecule has 0 amide bonds. The average Bonchev–Trinajstić information content (AvgIpc) is 3.08. The Bertz CT molecular complexity index is 604. The lowest BCUT2D eigenvalue weighted by Gasteiger charge is -2.29. The fraction of sp³-hybridized carbons (Fsp3) is 0.600. The van der Waals surface area contributed by atoms with Gasteiger partial charge in [-0.2, -0.15) is 4.98 Å². The molecule has 108 valence electrons. The summed E-state index contributed by atoms with van der Waals surface area (Å²) in [6.07, 6.45) is 6.22. The molecule has 20 heavy (non-hydrogen) atoms. The summed E-state index contributed by atoms with van der Waals surface area (Å²) in [6.45, 7) is 5.35. The molecule has 2 aromatic rings. The smallest absolute Gasteiger partial charge is 0.225 e. The highest BCUT2D eigenvalue weighted by Gasteiger charge is 2.25. The Hall–Kier alpha value is -0.870. The molecule has 2 heterocycles. The van der Waals surface area contributed by atoms with Crippen molar-refractivity contribution in [1.29, 1.82) is 0 Å². The minimum Gasteiger partial charge on any atom is -0.353 e. The first-order valence-electron chi connectivity index (χ1n) is 7.45. The number of fused-ring (bicyclic) bond motifs is 1. The first-order valence-corrected chi connectivity index (χ1v) is 8.65. The summed E-state index contributed by atoms with van der Waals surface area (Å²) >= 11 is 7.88. The van der Waals surface area contributed by atoms with E-state index in [1.54, 1.807) is 11.3 Å². The third-order valence-corrected chi connectivity index (χ3v) is 5.47. The Kier molecular flexibility index (Phi) is 4.13. The molecule has 0 atom stereocenters. The largest absolute Gasteiger partial charge is 0.353 e. The van der Waals surface area contributed by atoms with E-state index in [0.717, 1.165) is 23.6 Å².